The number of carbonyl (C=O) groups excluding carboxylic acids is 2. The first kappa shape index (κ1) is 12.9. The summed E-state index contributed by atoms with van der Waals surface area (Å²) in [5, 5.41) is 23.5. The Morgan fingerprint density at radius 1 is 1.37 bits per heavy atom. The van der Waals surface area contributed by atoms with E-state index >= 15 is 0 Å². The predicted octanol–water partition coefficient (Wildman–Crippen LogP) is 0.165. The van der Waals surface area contributed by atoms with Gasteiger partial charge >= 0.3 is 5.97 Å². The van der Waals surface area contributed by atoms with Crippen molar-refractivity contribution in [3.8, 4) is 5.75 Å². The molecule has 0 saturated carbocycles. The summed E-state index contributed by atoms with van der Waals surface area (Å²) in [6.45, 7) is 0.240. The van der Waals surface area contributed by atoms with Crippen LogP contribution in [-0.4, -0.2) is 34.5 Å². The second-order valence-corrected chi connectivity index (χ2v) is 4.20. The van der Waals surface area contributed by atoms with Crippen LogP contribution in [0.1, 0.15) is 16.8 Å². The van der Waals surface area contributed by atoms with Crippen molar-refractivity contribution in [2.24, 2.45) is 5.92 Å². The highest BCUT2D eigenvalue weighted by Crippen LogP contribution is 2.28. The zero-order valence-corrected chi connectivity index (χ0v) is 9.84. The first-order chi connectivity index (χ1) is 8.99. The maximum absolute atomic E-state index is 11.8. The Morgan fingerprint density at radius 3 is 2.68 bits per heavy atom. The molecule has 1 aromatic carbocycles. The highest BCUT2D eigenvalue weighted by molar-refractivity contribution is 6.00. The lowest BCUT2D eigenvalue weighted by Gasteiger charge is -2.11. The van der Waals surface area contributed by atoms with Gasteiger partial charge in [0.25, 0.3) is 0 Å². The van der Waals surface area contributed by atoms with E-state index in [-0.39, 0.29) is 30.1 Å². The second-order valence-electron chi connectivity index (χ2n) is 4.20. The number of hydrogen-bond acceptors (Lipinski definition) is 4. The number of anilines is 1. The average Bonchev–Trinajstić information content (AvgIpc) is 2.78. The van der Waals surface area contributed by atoms with Crippen LogP contribution in [0.15, 0.2) is 18.2 Å². The zero-order chi connectivity index (χ0) is 14.0. The van der Waals surface area contributed by atoms with Crippen molar-refractivity contribution >= 4 is 23.5 Å². The maximum atomic E-state index is 11.8. The lowest BCUT2D eigenvalue weighted by Crippen LogP contribution is -2.24. The van der Waals surface area contributed by atoms with Gasteiger partial charge in [-0.2, -0.15) is 0 Å². The number of rotatable bonds is 3. The van der Waals surface area contributed by atoms with Crippen LogP contribution < -0.4 is 10.6 Å². The molecule has 1 aromatic rings. The number of benzene rings is 1. The molecule has 1 fully saturated rings. The quantitative estimate of drug-likeness (QED) is 0.580. The number of para-hydroxylation sites is 1. The lowest BCUT2D eigenvalue weighted by atomic mass is 10.1. The van der Waals surface area contributed by atoms with E-state index in [1.807, 2.05) is 0 Å². The first-order valence-electron chi connectivity index (χ1n) is 5.62. The number of carbonyl (C=O) groups is 3. The second kappa shape index (κ2) is 4.97. The fourth-order valence-electron chi connectivity index (χ4n) is 1.84. The van der Waals surface area contributed by atoms with Crippen LogP contribution in [0.25, 0.3) is 0 Å². The molecule has 100 valence electrons. The molecule has 1 saturated heterocycles. The summed E-state index contributed by atoms with van der Waals surface area (Å²) in [6, 6.07) is 4.04. The Kier molecular flexibility index (Phi) is 3.37. The largest absolute Gasteiger partial charge is 0.505 e. The number of amides is 2. The van der Waals surface area contributed by atoms with E-state index in [0.29, 0.717) is 0 Å². The van der Waals surface area contributed by atoms with Gasteiger partial charge in [-0.3, -0.25) is 9.59 Å². The average molecular weight is 264 g/mol. The van der Waals surface area contributed by atoms with E-state index in [9.17, 15) is 19.5 Å². The molecular weight excluding hydrogens is 252 g/mol. The highest BCUT2D eigenvalue weighted by Gasteiger charge is 2.28. The van der Waals surface area contributed by atoms with Crippen LogP contribution in [-0.2, 0) is 9.59 Å². The molecule has 1 aliphatic heterocycles. The van der Waals surface area contributed by atoms with E-state index in [4.69, 9.17) is 5.11 Å². The topological polar surface area (TPSA) is 116 Å². The van der Waals surface area contributed by atoms with Crippen molar-refractivity contribution in [1.29, 1.82) is 0 Å². The predicted molar refractivity (Wildman–Crippen MR) is 64.8 cm³/mol. The van der Waals surface area contributed by atoms with Gasteiger partial charge in [0, 0.05) is 13.0 Å². The Bertz CT molecular complexity index is 555. The Balaban J connectivity index is 2.15. The van der Waals surface area contributed by atoms with Crippen molar-refractivity contribution < 1.29 is 24.6 Å². The summed E-state index contributed by atoms with van der Waals surface area (Å²) in [5.41, 5.74) is -0.275. The van der Waals surface area contributed by atoms with Crippen LogP contribution in [0.2, 0.25) is 0 Å². The summed E-state index contributed by atoms with van der Waals surface area (Å²) >= 11 is 0. The third-order valence-electron chi connectivity index (χ3n) is 2.87. The highest BCUT2D eigenvalue weighted by atomic mass is 16.4. The summed E-state index contributed by atoms with van der Waals surface area (Å²) in [5.74, 6) is -2.94. The van der Waals surface area contributed by atoms with Gasteiger partial charge in [0.15, 0.2) is 5.75 Å². The van der Waals surface area contributed by atoms with Gasteiger partial charge in [0.1, 0.15) is 5.56 Å². The fourth-order valence-corrected chi connectivity index (χ4v) is 1.84. The number of aromatic hydroxyl groups is 1. The molecule has 1 heterocycles. The van der Waals surface area contributed by atoms with E-state index in [2.05, 4.69) is 10.6 Å². The number of phenols is 1. The standard InChI is InChI=1S/C12H12N2O5/c15-9-4-6(5-13-9)11(17)14-8-3-1-2-7(10(8)16)12(18)19/h1-3,6,16H,4-5H2,(H,13,15)(H,14,17)(H,18,19). The SMILES string of the molecule is O=C1CC(C(=O)Nc2cccc(C(=O)O)c2O)CN1. The lowest BCUT2D eigenvalue weighted by molar-refractivity contribution is -0.123. The number of aromatic carboxylic acids is 1. The number of hydrogen-bond donors (Lipinski definition) is 4. The van der Waals surface area contributed by atoms with E-state index in [0.717, 1.165) is 0 Å². The molecule has 7 heteroatoms. The van der Waals surface area contributed by atoms with Crippen molar-refractivity contribution in [2.45, 2.75) is 6.42 Å². The van der Waals surface area contributed by atoms with Crippen molar-refractivity contribution in [2.75, 3.05) is 11.9 Å². The first-order valence-corrected chi connectivity index (χ1v) is 5.62. The molecule has 7 nitrogen and oxygen atoms in total. The molecule has 1 aliphatic rings. The van der Waals surface area contributed by atoms with E-state index < -0.39 is 23.5 Å². The molecule has 19 heavy (non-hydrogen) atoms. The van der Waals surface area contributed by atoms with Crippen LogP contribution in [0.5, 0.6) is 5.75 Å². The Labute approximate surface area is 108 Å². The molecule has 0 bridgehead atoms. The molecule has 0 spiro atoms. The maximum Gasteiger partial charge on any atom is 0.339 e. The summed E-state index contributed by atoms with van der Waals surface area (Å²) in [4.78, 5) is 33.7. The van der Waals surface area contributed by atoms with Gasteiger partial charge < -0.3 is 20.8 Å². The molecule has 1 unspecified atom stereocenters. The molecule has 0 aromatic heterocycles. The Morgan fingerprint density at radius 2 is 2.11 bits per heavy atom. The summed E-state index contributed by atoms with van der Waals surface area (Å²) < 4.78 is 0. The van der Waals surface area contributed by atoms with Crippen molar-refractivity contribution in [3.63, 3.8) is 0 Å². The van der Waals surface area contributed by atoms with Crippen LogP contribution >= 0.6 is 0 Å². The smallest absolute Gasteiger partial charge is 0.339 e. The van der Waals surface area contributed by atoms with Crippen LogP contribution in [0.4, 0.5) is 5.69 Å². The minimum Gasteiger partial charge on any atom is -0.505 e. The molecule has 2 amide bonds. The van der Waals surface area contributed by atoms with Crippen molar-refractivity contribution in [3.05, 3.63) is 23.8 Å². The molecule has 4 N–H and O–H groups in total. The van der Waals surface area contributed by atoms with Gasteiger partial charge in [0.05, 0.1) is 11.6 Å². The third-order valence-corrected chi connectivity index (χ3v) is 2.87. The van der Waals surface area contributed by atoms with E-state index in [1.165, 1.54) is 18.2 Å². The monoisotopic (exact) mass is 264 g/mol. The minimum absolute atomic E-state index is 0.0178. The number of carboxylic acids is 1. The minimum atomic E-state index is -1.29. The fraction of sp³-hybridized carbons (Fsp3) is 0.250. The number of nitrogens with one attached hydrogen (secondary N) is 2. The zero-order valence-electron chi connectivity index (χ0n) is 9.84. The van der Waals surface area contributed by atoms with E-state index in [1.54, 1.807) is 0 Å². The summed E-state index contributed by atoms with van der Waals surface area (Å²) in [7, 11) is 0. The molecule has 0 radical (unpaired) electrons. The normalized spacial score (nSPS) is 17.9. The van der Waals surface area contributed by atoms with Gasteiger partial charge in [-0.1, -0.05) is 6.07 Å². The molecule has 2 rings (SSSR count). The van der Waals surface area contributed by atoms with Crippen LogP contribution in [0.3, 0.4) is 0 Å². The molecule has 1 atom stereocenters. The third kappa shape index (κ3) is 2.65. The Hall–Kier alpha value is -2.57. The van der Waals surface area contributed by atoms with Gasteiger partial charge in [-0.25, -0.2) is 4.79 Å². The van der Waals surface area contributed by atoms with Gasteiger partial charge in [-0.15, -0.1) is 0 Å². The van der Waals surface area contributed by atoms with Crippen molar-refractivity contribution in [1.82, 2.24) is 5.32 Å². The van der Waals surface area contributed by atoms with Gasteiger partial charge in [0.2, 0.25) is 11.8 Å². The van der Waals surface area contributed by atoms with Crippen LogP contribution in [0, 0.1) is 5.92 Å². The number of carboxylic acid groups (broad SMARTS) is 1. The summed E-state index contributed by atoms with van der Waals surface area (Å²) in [6.07, 6.45) is 0.0885. The molecular formula is C12H12N2O5. The van der Waals surface area contributed by atoms with Gasteiger partial charge in [-0.05, 0) is 12.1 Å². The molecule has 0 aliphatic carbocycles.